The molecule has 4 atom stereocenters. The molecule has 0 bridgehead atoms. The van der Waals surface area contributed by atoms with Gasteiger partial charge in [0.25, 0.3) is 0 Å². The molecule has 0 aromatic heterocycles. The van der Waals surface area contributed by atoms with E-state index in [0.717, 1.165) is 11.7 Å². The van der Waals surface area contributed by atoms with Crippen LogP contribution in [-0.2, 0) is 4.74 Å². The van der Waals surface area contributed by atoms with E-state index < -0.39 is 0 Å². The molecule has 3 rings (SSSR count). The van der Waals surface area contributed by atoms with Crippen LogP contribution in [0.1, 0.15) is 19.3 Å². The van der Waals surface area contributed by atoms with Crippen LogP contribution in [0.25, 0.3) is 0 Å². The Bertz CT molecular complexity index is 322. The number of hydrogen-bond acceptors (Lipinski definition) is 6. The Morgan fingerprint density at radius 1 is 1.53 bits per heavy atom. The van der Waals surface area contributed by atoms with E-state index >= 15 is 0 Å². The minimum absolute atomic E-state index is 0.0211. The van der Waals surface area contributed by atoms with Crippen molar-refractivity contribution in [1.82, 2.24) is 10.6 Å². The number of hydrogen-bond donors (Lipinski definition) is 3. The highest BCUT2D eigenvalue weighted by molar-refractivity contribution is 8.14. The van der Waals surface area contributed by atoms with Crippen LogP contribution >= 0.6 is 11.8 Å². The molecule has 0 unspecified atom stereocenters. The first kappa shape index (κ1) is 11.8. The van der Waals surface area contributed by atoms with Crippen molar-refractivity contribution in [3.05, 3.63) is 0 Å². The number of aliphatic hydroxyl groups is 1. The zero-order valence-electron chi connectivity index (χ0n) is 9.93. The molecule has 96 valence electrons. The van der Waals surface area contributed by atoms with Gasteiger partial charge in [-0.15, -0.1) is 0 Å². The summed E-state index contributed by atoms with van der Waals surface area (Å²) in [6, 6.07) is 0.591. The molecule has 2 fully saturated rings. The van der Waals surface area contributed by atoms with Crippen molar-refractivity contribution in [2.24, 2.45) is 4.99 Å². The highest BCUT2D eigenvalue weighted by atomic mass is 32.2. The highest BCUT2D eigenvalue weighted by Gasteiger charge is 2.42. The molecule has 2 aliphatic heterocycles. The Labute approximate surface area is 105 Å². The monoisotopic (exact) mass is 257 g/mol. The number of nitrogens with one attached hydrogen (secondary N) is 2. The lowest BCUT2D eigenvalue weighted by Gasteiger charge is -2.34. The second kappa shape index (κ2) is 4.76. The van der Waals surface area contributed by atoms with Gasteiger partial charge in [0.05, 0.1) is 12.2 Å². The Morgan fingerprint density at radius 3 is 3.06 bits per heavy atom. The van der Waals surface area contributed by atoms with Crippen molar-refractivity contribution in [2.75, 3.05) is 13.6 Å². The normalized spacial score (nSPS) is 40.9. The van der Waals surface area contributed by atoms with Crippen molar-refractivity contribution in [3.63, 3.8) is 0 Å². The molecule has 0 aromatic carbocycles. The van der Waals surface area contributed by atoms with Crippen molar-refractivity contribution >= 4 is 16.9 Å². The van der Waals surface area contributed by atoms with Crippen LogP contribution in [0.3, 0.4) is 0 Å². The first-order chi connectivity index (χ1) is 8.26. The van der Waals surface area contributed by atoms with Crippen molar-refractivity contribution in [1.29, 1.82) is 0 Å². The van der Waals surface area contributed by atoms with Gasteiger partial charge >= 0.3 is 0 Å². The molecular formula is C11H19N3O2S. The van der Waals surface area contributed by atoms with Gasteiger partial charge in [-0.2, -0.15) is 0 Å². The second-order valence-corrected chi connectivity index (χ2v) is 5.99. The Morgan fingerprint density at radius 2 is 2.35 bits per heavy atom. The molecule has 0 radical (unpaired) electrons. The maximum Gasteiger partial charge on any atom is 0.159 e. The molecule has 3 N–H and O–H groups in total. The molecule has 1 saturated carbocycles. The predicted octanol–water partition coefficient (Wildman–Crippen LogP) is -0.0949. The summed E-state index contributed by atoms with van der Waals surface area (Å²) >= 11 is 1.58. The van der Waals surface area contributed by atoms with Crippen LogP contribution in [0, 0.1) is 0 Å². The van der Waals surface area contributed by atoms with E-state index in [0.29, 0.717) is 12.5 Å². The number of rotatable bonds is 3. The number of amidine groups is 1. The van der Waals surface area contributed by atoms with Crippen LogP contribution in [0.15, 0.2) is 4.99 Å². The summed E-state index contributed by atoms with van der Waals surface area (Å²) in [5, 5.41) is 17.4. The minimum atomic E-state index is -0.377. The van der Waals surface area contributed by atoms with Crippen molar-refractivity contribution < 1.29 is 9.84 Å². The maximum atomic E-state index is 10.1. The summed E-state index contributed by atoms with van der Waals surface area (Å²) in [5.74, 6) is 0. The van der Waals surface area contributed by atoms with Gasteiger partial charge in [0.2, 0.25) is 0 Å². The fraction of sp³-hybridized carbons (Fsp3) is 0.909. The third kappa shape index (κ3) is 2.59. The summed E-state index contributed by atoms with van der Waals surface area (Å²) in [6.07, 6.45) is 2.98. The Balaban J connectivity index is 1.55. The summed E-state index contributed by atoms with van der Waals surface area (Å²) in [6.45, 7) is 0.848. The molecule has 17 heavy (non-hydrogen) atoms. The number of thioether (sulfide) groups is 1. The van der Waals surface area contributed by atoms with E-state index in [1.165, 1.54) is 12.8 Å². The number of fused-ring (bicyclic) bond motifs is 1. The molecule has 0 spiro atoms. The molecule has 1 saturated heterocycles. The van der Waals surface area contributed by atoms with Gasteiger partial charge in [-0.25, -0.2) is 0 Å². The second-order valence-electron chi connectivity index (χ2n) is 4.90. The average molecular weight is 257 g/mol. The van der Waals surface area contributed by atoms with E-state index in [9.17, 15) is 5.11 Å². The molecule has 1 aliphatic carbocycles. The lowest BCUT2D eigenvalue weighted by molar-refractivity contribution is -0.0682. The van der Waals surface area contributed by atoms with E-state index in [1.807, 2.05) is 7.05 Å². The van der Waals surface area contributed by atoms with Crippen molar-refractivity contribution in [3.8, 4) is 0 Å². The van der Waals surface area contributed by atoms with Crippen LogP contribution in [-0.4, -0.2) is 53.6 Å². The Kier molecular flexibility index (Phi) is 3.30. The smallest absolute Gasteiger partial charge is 0.159 e. The van der Waals surface area contributed by atoms with Gasteiger partial charge in [0, 0.05) is 26.1 Å². The number of ether oxygens (including phenoxy) is 1. The lowest BCUT2D eigenvalue weighted by atomic mass is 10.0. The average Bonchev–Trinajstić information content (AvgIpc) is 3.05. The summed E-state index contributed by atoms with van der Waals surface area (Å²) in [4.78, 5) is 4.42. The number of nitrogens with zero attached hydrogens (tertiary/aromatic N) is 1. The summed E-state index contributed by atoms with van der Waals surface area (Å²) in [5.41, 5.74) is -0.0211. The quantitative estimate of drug-likeness (QED) is 0.659. The van der Waals surface area contributed by atoms with Gasteiger partial charge in [0.1, 0.15) is 11.5 Å². The van der Waals surface area contributed by atoms with Crippen molar-refractivity contribution in [2.45, 2.75) is 49.0 Å². The Hall–Kier alpha value is -0.300. The topological polar surface area (TPSA) is 65.9 Å². The van der Waals surface area contributed by atoms with Gasteiger partial charge < -0.3 is 20.5 Å². The lowest BCUT2D eigenvalue weighted by Crippen LogP contribution is -2.47. The van der Waals surface area contributed by atoms with Gasteiger partial charge in [-0.05, 0) is 12.8 Å². The number of aliphatic hydroxyl groups excluding tert-OH is 1. The molecule has 2 heterocycles. The first-order valence-electron chi connectivity index (χ1n) is 6.25. The van der Waals surface area contributed by atoms with Crippen LogP contribution < -0.4 is 10.6 Å². The molecule has 0 amide bonds. The SMILES string of the molecule is CNC1=N[C@H]2[C@H](O[C@H](CNC3CC3)C[C@@H]2O)S1. The minimum Gasteiger partial charge on any atom is -0.391 e. The standard InChI is InChI=1S/C11H19N3O2S/c1-12-11-14-9-8(15)4-7(16-10(9)17-11)5-13-6-2-3-6/h6-10,13,15H,2-5H2,1H3,(H,12,14)/t7-,8-,9+,10+/m0/s1. The van der Waals surface area contributed by atoms with E-state index in [2.05, 4.69) is 15.6 Å². The zero-order valence-corrected chi connectivity index (χ0v) is 10.7. The predicted molar refractivity (Wildman–Crippen MR) is 68.2 cm³/mol. The van der Waals surface area contributed by atoms with Crippen LogP contribution in [0.4, 0.5) is 0 Å². The summed E-state index contributed by atoms with van der Waals surface area (Å²) < 4.78 is 5.98. The van der Waals surface area contributed by atoms with E-state index in [4.69, 9.17) is 4.74 Å². The molecular weight excluding hydrogens is 238 g/mol. The van der Waals surface area contributed by atoms with Gasteiger partial charge in [-0.1, -0.05) is 11.8 Å². The first-order valence-corrected chi connectivity index (χ1v) is 7.13. The van der Waals surface area contributed by atoms with Gasteiger partial charge in [-0.3, -0.25) is 4.99 Å². The van der Waals surface area contributed by atoms with E-state index in [1.54, 1.807) is 11.8 Å². The summed E-state index contributed by atoms with van der Waals surface area (Å²) in [7, 11) is 1.85. The third-order valence-corrected chi connectivity index (χ3v) is 4.58. The van der Waals surface area contributed by atoms with Gasteiger partial charge in [0.15, 0.2) is 5.17 Å². The molecule has 5 nitrogen and oxygen atoms in total. The van der Waals surface area contributed by atoms with Crippen LogP contribution in [0.5, 0.6) is 0 Å². The fourth-order valence-electron chi connectivity index (χ4n) is 2.28. The largest absolute Gasteiger partial charge is 0.391 e. The zero-order chi connectivity index (χ0) is 11.8. The number of aliphatic imine (C=N–C) groups is 1. The third-order valence-electron chi connectivity index (χ3n) is 3.42. The molecule has 6 heteroatoms. The van der Waals surface area contributed by atoms with Crippen LogP contribution in [0.2, 0.25) is 0 Å². The molecule has 0 aromatic rings. The molecule has 3 aliphatic rings. The maximum absolute atomic E-state index is 10.1. The highest BCUT2D eigenvalue weighted by Crippen LogP contribution is 2.35. The fourth-order valence-corrected chi connectivity index (χ4v) is 3.39. The van der Waals surface area contributed by atoms with E-state index in [-0.39, 0.29) is 23.7 Å².